The van der Waals surface area contributed by atoms with Gasteiger partial charge in [-0.3, -0.25) is 14.5 Å². The molecule has 0 bridgehead atoms. The fraction of sp³-hybridized carbons (Fsp3) is 0.286. The average Bonchev–Trinajstić information content (AvgIpc) is 2.78. The minimum Gasteiger partial charge on any atom is -0.288 e. The Kier molecular flexibility index (Phi) is 3.40. The molecule has 1 aliphatic heterocycles. The zero-order valence-electron chi connectivity index (χ0n) is 10.9. The molecule has 2 aromatic rings. The predicted octanol–water partition coefficient (Wildman–Crippen LogP) is 2.01. The molecule has 1 amide bonds. The van der Waals surface area contributed by atoms with Crippen LogP contribution in [-0.2, 0) is 9.59 Å². The van der Waals surface area contributed by atoms with Gasteiger partial charge in [-0.05, 0) is 6.07 Å². The van der Waals surface area contributed by atoms with Crippen LogP contribution in [0.1, 0.15) is 13.3 Å². The van der Waals surface area contributed by atoms with Crippen molar-refractivity contribution in [2.75, 3.05) is 11.4 Å². The van der Waals surface area contributed by atoms with Gasteiger partial charge in [0, 0.05) is 36.7 Å². The molecular weight excluding hydrogens is 274 g/mol. The fourth-order valence-corrected chi connectivity index (χ4v) is 3.19. The molecule has 5 nitrogen and oxygen atoms in total. The van der Waals surface area contributed by atoms with E-state index >= 15 is 0 Å². The highest BCUT2D eigenvalue weighted by Crippen LogP contribution is 2.27. The van der Waals surface area contributed by atoms with Gasteiger partial charge in [-0.2, -0.15) is 0 Å². The molecule has 20 heavy (non-hydrogen) atoms. The van der Waals surface area contributed by atoms with Crippen molar-refractivity contribution in [3.8, 4) is 0 Å². The highest BCUT2D eigenvalue weighted by molar-refractivity contribution is 8.14. The normalized spacial score (nSPS) is 18.8. The number of anilines is 1. The Bertz CT molecular complexity index is 689. The molecule has 0 aliphatic carbocycles. The van der Waals surface area contributed by atoms with Gasteiger partial charge in [-0.1, -0.05) is 30.0 Å². The molecule has 1 fully saturated rings. The van der Waals surface area contributed by atoms with Crippen LogP contribution in [0.3, 0.4) is 0 Å². The molecule has 0 radical (unpaired) electrons. The van der Waals surface area contributed by atoms with Crippen molar-refractivity contribution in [3.05, 3.63) is 30.5 Å². The summed E-state index contributed by atoms with van der Waals surface area (Å²) < 4.78 is 0. The number of aromatic nitrogens is 2. The van der Waals surface area contributed by atoms with Crippen LogP contribution in [-0.4, -0.2) is 32.8 Å². The van der Waals surface area contributed by atoms with Crippen LogP contribution < -0.4 is 4.90 Å². The fourth-order valence-electron chi connectivity index (χ4n) is 2.27. The molecule has 1 aliphatic rings. The Morgan fingerprint density at radius 1 is 1.40 bits per heavy atom. The van der Waals surface area contributed by atoms with Crippen molar-refractivity contribution in [1.29, 1.82) is 0 Å². The molecule has 1 aromatic carbocycles. The van der Waals surface area contributed by atoms with Gasteiger partial charge in [0.2, 0.25) is 11.9 Å². The Hall–Kier alpha value is -1.95. The molecule has 0 spiro atoms. The summed E-state index contributed by atoms with van der Waals surface area (Å²) in [4.78, 5) is 33.4. The lowest BCUT2D eigenvalue weighted by atomic mass is 10.2. The Morgan fingerprint density at radius 2 is 2.20 bits per heavy atom. The van der Waals surface area contributed by atoms with Crippen LogP contribution in [0.2, 0.25) is 0 Å². The summed E-state index contributed by atoms with van der Waals surface area (Å²) in [5.41, 5.74) is 0.813. The molecule has 1 unspecified atom stereocenters. The first-order valence-electron chi connectivity index (χ1n) is 6.33. The third-order valence-corrected chi connectivity index (χ3v) is 4.12. The summed E-state index contributed by atoms with van der Waals surface area (Å²) in [7, 11) is 0. The van der Waals surface area contributed by atoms with E-state index < -0.39 is 0 Å². The summed E-state index contributed by atoms with van der Waals surface area (Å²) >= 11 is 1.21. The first-order valence-corrected chi connectivity index (χ1v) is 7.21. The Balaban J connectivity index is 1.87. The summed E-state index contributed by atoms with van der Waals surface area (Å²) in [6.07, 6.45) is 2.08. The largest absolute Gasteiger partial charge is 0.288 e. The number of amides is 1. The van der Waals surface area contributed by atoms with Crippen molar-refractivity contribution in [1.82, 2.24) is 9.97 Å². The van der Waals surface area contributed by atoms with Gasteiger partial charge in [-0.25, -0.2) is 9.97 Å². The third-order valence-electron chi connectivity index (χ3n) is 3.14. The van der Waals surface area contributed by atoms with Gasteiger partial charge >= 0.3 is 0 Å². The molecular formula is C14H13N3O2S. The average molecular weight is 287 g/mol. The van der Waals surface area contributed by atoms with E-state index in [1.165, 1.54) is 18.7 Å². The van der Waals surface area contributed by atoms with Gasteiger partial charge in [0.05, 0.1) is 5.52 Å². The van der Waals surface area contributed by atoms with Crippen molar-refractivity contribution >= 4 is 39.6 Å². The van der Waals surface area contributed by atoms with Gasteiger partial charge in [0.25, 0.3) is 0 Å². The molecule has 1 saturated heterocycles. The summed E-state index contributed by atoms with van der Waals surface area (Å²) in [6.45, 7) is 2.01. The van der Waals surface area contributed by atoms with E-state index in [-0.39, 0.29) is 16.3 Å². The third kappa shape index (κ3) is 2.51. The number of hydrogen-bond acceptors (Lipinski definition) is 5. The van der Waals surface area contributed by atoms with E-state index in [4.69, 9.17) is 0 Å². The van der Waals surface area contributed by atoms with Gasteiger partial charge in [0.15, 0.2) is 5.12 Å². The van der Waals surface area contributed by atoms with E-state index in [2.05, 4.69) is 9.97 Å². The van der Waals surface area contributed by atoms with Gasteiger partial charge in [0.1, 0.15) is 0 Å². The zero-order chi connectivity index (χ0) is 14.1. The van der Waals surface area contributed by atoms with Gasteiger partial charge in [-0.15, -0.1) is 0 Å². The lowest BCUT2D eigenvalue weighted by Crippen LogP contribution is -2.27. The second kappa shape index (κ2) is 5.20. The Morgan fingerprint density at radius 3 is 3.00 bits per heavy atom. The predicted molar refractivity (Wildman–Crippen MR) is 78.6 cm³/mol. The summed E-state index contributed by atoms with van der Waals surface area (Å²) in [5.74, 6) is 0.388. The molecule has 0 N–H and O–H groups in total. The number of carbonyl (C=O) groups excluding carboxylic acids is 2. The van der Waals surface area contributed by atoms with E-state index in [0.717, 1.165) is 10.9 Å². The van der Waals surface area contributed by atoms with E-state index in [1.807, 2.05) is 24.3 Å². The number of para-hydroxylation sites is 1. The van der Waals surface area contributed by atoms with Crippen molar-refractivity contribution < 1.29 is 9.59 Å². The van der Waals surface area contributed by atoms with Crippen LogP contribution in [0.4, 0.5) is 5.95 Å². The lowest BCUT2D eigenvalue weighted by Gasteiger charge is -2.14. The highest BCUT2D eigenvalue weighted by Gasteiger charge is 2.33. The van der Waals surface area contributed by atoms with Gasteiger partial charge < -0.3 is 0 Å². The van der Waals surface area contributed by atoms with E-state index in [9.17, 15) is 9.59 Å². The summed E-state index contributed by atoms with van der Waals surface area (Å²) in [5, 5.41) is 0.969. The zero-order valence-corrected chi connectivity index (χ0v) is 11.8. The topological polar surface area (TPSA) is 63.2 Å². The monoisotopic (exact) mass is 287 g/mol. The maximum Gasteiger partial charge on any atom is 0.232 e. The molecule has 102 valence electrons. The van der Waals surface area contributed by atoms with Crippen molar-refractivity contribution in [2.24, 2.45) is 0 Å². The molecule has 1 aromatic heterocycles. The van der Waals surface area contributed by atoms with E-state index in [0.29, 0.717) is 18.9 Å². The second-order valence-electron chi connectivity index (χ2n) is 4.67. The minimum absolute atomic E-state index is 0.00456. The SMILES string of the molecule is CC(=O)SC1CC(=O)N(c2ncc3ccccc3n2)C1. The molecule has 1 atom stereocenters. The number of benzene rings is 1. The minimum atomic E-state index is -0.0287. The highest BCUT2D eigenvalue weighted by atomic mass is 32.2. The maximum atomic E-state index is 12.0. The first-order chi connectivity index (χ1) is 9.63. The Labute approximate surface area is 120 Å². The molecule has 0 saturated carbocycles. The number of hydrogen-bond donors (Lipinski definition) is 0. The standard InChI is InChI=1S/C14H13N3O2S/c1-9(18)20-11-6-13(19)17(8-11)14-15-7-10-4-2-3-5-12(10)16-14/h2-5,7,11H,6,8H2,1H3. The first kappa shape index (κ1) is 13.1. The maximum absolute atomic E-state index is 12.0. The van der Waals surface area contributed by atoms with Crippen LogP contribution in [0, 0.1) is 0 Å². The smallest absolute Gasteiger partial charge is 0.232 e. The molecule has 6 heteroatoms. The number of carbonyl (C=O) groups is 2. The summed E-state index contributed by atoms with van der Waals surface area (Å²) in [6, 6.07) is 7.65. The van der Waals surface area contributed by atoms with E-state index in [1.54, 1.807) is 11.1 Å². The number of rotatable bonds is 2. The van der Waals surface area contributed by atoms with Crippen LogP contribution >= 0.6 is 11.8 Å². The number of nitrogens with zero attached hydrogens (tertiary/aromatic N) is 3. The number of thioether (sulfide) groups is 1. The van der Waals surface area contributed by atoms with Crippen LogP contribution in [0.15, 0.2) is 30.5 Å². The van der Waals surface area contributed by atoms with Crippen molar-refractivity contribution in [3.63, 3.8) is 0 Å². The molecule has 2 heterocycles. The van der Waals surface area contributed by atoms with Crippen LogP contribution in [0.25, 0.3) is 10.9 Å². The second-order valence-corrected chi connectivity index (χ2v) is 6.15. The quantitative estimate of drug-likeness (QED) is 0.845. The van der Waals surface area contributed by atoms with Crippen LogP contribution in [0.5, 0.6) is 0 Å². The molecule has 3 rings (SSSR count). The number of fused-ring (bicyclic) bond motifs is 1. The lowest BCUT2D eigenvalue weighted by molar-refractivity contribution is -0.117. The van der Waals surface area contributed by atoms with Crippen molar-refractivity contribution in [2.45, 2.75) is 18.6 Å².